The first-order valence-corrected chi connectivity index (χ1v) is 10.5. The molecule has 0 bridgehead atoms. The van der Waals surface area contributed by atoms with E-state index in [1.165, 1.54) is 18.4 Å². The maximum Gasteiger partial charge on any atom is 0.349 e. The topological polar surface area (TPSA) is 88.7 Å². The number of carbonyl (C=O) groups excluding carboxylic acids is 2. The summed E-state index contributed by atoms with van der Waals surface area (Å²) < 4.78 is 10.8. The summed E-state index contributed by atoms with van der Waals surface area (Å²) in [6, 6.07) is 12.7. The van der Waals surface area contributed by atoms with Gasteiger partial charge in [-0.25, -0.2) is 15.6 Å². The summed E-state index contributed by atoms with van der Waals surface area (Å²) in [4.78, 5) is 24.9. The number of methoxy groups -OCH3 is 2. The number of hydrazine groups is 1. The zero-order valence-electron chi connectivity index (χ0n) is 16.3. The SMILES string of the molecule is COC(=O)c1sc2cc(NC(=O)C3CC(c4cccc(OC)c4)NN3)ccc2c1Cl. The van der Waals surface area contributed by atoms with E-state index in [0.29, 0.717) is 22.0 Å². The highest BCUT2D eigenvalue weighted by molar-refractivity contribution is 7.21. The highest BCUT2D eigenvalue weighted by atomic mass is 35.5. The minimum atomic E-state index is -0.475. The number of esters is 1. The smallest absolute Gasteiger partial charge is 0.349 e. The molecule has 2 heterocycles. The third-order valence-electron chi connectivity index (χ3n) is 4.98. The highest BCUT2D eigenvalue weighted by Crippen LogP contribution is 2.37. The van der Waals surface area contributed by atoms with Gasteiger partial charge in [-0.2, -0.15) is 0 Å². The number of hydrogen-bond acceptors (Lipinski definition) is 7. The quantitative estimate of drug-likeness (QED) is 0.516. The molecule has 0 saturated carbocycles. The van der Waals surface area contributed by atoms with Crippen molar-refractivity contribution in [3.05, 3.63) is 57.9 Å². The first-order chi connectivity index (χ1) is 14.5. The zero-order valence-corrected chi connectivity index (χ0v) is 17.9. The van der Waals surface area contributed by atoms with Crippen molar-refractivity contribution in [3.63, 3.8) is 0 Å². The molecule has 0 spiro atoms. The Morgan fingerprint density at radius 2 is 2.00 bits per heavy atom. The monoisotopic (exact) mass is 445 g/mol. The Balaban J connectivity index is 1.46. The third-order valence-corrected chi connectivity index (χ3v) is 6.62. The van der Waals surface area contributed by atoms with Crippen molar-refractivity contribution >= 4 is 50.6 Å². The van der Waals surface area contributed by atoms with E-state index in [4.69, 9.17) is 21.1 Å². The molecule has 2 aromatic carbocycles. The minimum absolute atomic E-state index is 0.00273. The molecular weight excluding hydrogens is 426 g/mol. The molecule has 0 aliphatic carbocycles. The van der Waals surface area contributed by atoms with Gasteiger partial charge >= 0.3 is 5.97 Å². The summed E-state index contributed by atoms with van der Waals surface area (Å²) in [6.07, 6.45) is 0.596. The molecule has 1 fully saturated rings. The average molecular weight is 446 g/mol. The standard InChI is InChI=1S/C21H20ClN3O4S/c1-28-13-5-3-4-11(8-13)15-10-16(25-24-15)20(26)23-12-6-7-14-17(9-12)30-19(18(14)22)21(27)29-2/h3-9,15-16,24-25H,10H2,1-2H3,(H,23,26). The predicted molar refractivity (Wildman–Crippen MR) is 117 cm³/mol. The molecule has 1 aliphatic rings. The molecule has 2 atom stereocenters. The number of thiophene rings is 1. The number of nitrogens with one attached hydrogen (secondary N) is 3. The number of ether oxygens (including phenoxy) is 2. The van der Waals surface area contributed by atoms with Crippen LogP contribution < -0.4 is 20.9 Å². The van der Waals surface area contributed by atoms with Crippen LogP contribution in [-0.2, 0) is 9.53 Å². The van der Waals surface area contributed by atoms with E-state index in [2.05, 4.69) is 16.2 Å². The number of fused-ring (bicyclic) bond motifs is 1. The second kappa shape index (κ2) is 8.61. The van der Waals surface area contributed by atoms with Crippen LogP contribution in [0.4, 0.5) is 5.69 Å². The van der Waals surface area contributed by atoms with Gasteiger partial charge in [0.05, 0.1) is 19.2 Å². The van der Waals surface area contributed by atoms with Gasteiger partial charge in [-0.3, -0.25) is 4.79 Å². The summed E-state index contributed by atoms with van der Waals surface area (Å²) in [5.41, 5.74) is 7.90. The zero-order chi connectivity index (χ0) is 21.3. The molecular formula is C21H20ClN3O4S. The van der Waals surface area contributed by atoms with Crippen molar-refractivity contribution < 1.29 is 19.1 Å². The number of carbonyl (C=O) groups is 2. The minimum Gasteiger partial charge on any atom is -0.497 e. The Bertz CT molecular complexity index is 1120. The van der Waals surface area contributed by atoms with Crippen molar-refractivity contribution in [3.8, 4) is 5.75 Å². The molecule has 1 saturated heterocycles. The molecule has 7 nitrogen and oxygen atoms in total. The maximum absolute atomic E-state index is 12.7. The number of anilines is 1. The van der Waals surface area contributed by atoms with Crippen LogP contribution in [0.25, 0.3) is 10.1 Å². The Hall–Kier alpha value is -2.65. The van der Waals surface area contributed by atoms with E-state index in [1.54, 1.807) is 25.3 Å². The Labute approximate surface area is 182 Å². The lowest BCUT2D eigenvalue weighted by Gasteiger charge is -2.11. The highest BCUT2D eigenvalue weighted by Gasteiger charge is 2.30. The van der Waals surface area contributed by atoms with E-state index in [0.717, 1.165) is 21.4 Å². The fourth-order valence-electron chi connectivity index (χ4n) is 3.40. The summed E-state index contributed by atoms with van der Waals surface area (Å²) in [7, 11) is 2.94. The van der Waals surface area contributed by atoms with Gasteiger partial charge in [0.15, 0.2) is 0 Å². The molecule has 1 amide bonds. The predicted octanol–water partition coefficient (Wildman–Crippen LogP) is 3.90. The van der Waals surface area contributed by atoms with Gasteiger partial charge in [0.2, 0.25) is 5.91 Å². The van der Waals surface area contributed by atoms with Crippen LogP contribution in [0.5, 0.6) is 5.75 Å². The Morgan fingerprint density at radius 1 is 1.17 bits per heavy atom. The van der Waals surface area contributed by atoms with Gasteiger partial charge in [0.25, 0.3) is 0 Å². The van der Waals surface area contributed by atoms with Gasteiger partial charge in [-0.1, -0.05) is 23.7 Å². The van der Waals surface area contributed by atoms with Crippen LogP contribution in [-0.4, -0.2) is 32.1 Å². The first-order valence-electron chi connectivity index (χ1n) is 9.26. The lowest BCUT2D eigenvalue weighted by atomic mass is 10.0. The molecule has 3 N–H and O–H groups in total. The molecule has 2 unspecified atom stereocenters. The summed E-state index contributed by atoms with van der Waals surface area (Å²) in [5.74, 6) is 0.149. The van der Waals surface area contributed by atoms with E-state index in [9.17, 15) is 9.59 Å². The molecule has 1 aromatic heterocycles. The number of amides is 1. The van der Waals surface area contributed by atoms with E-state index in [-0.39, 0.29) is 11.9 Å². The fraction of sp³-hybridized carbons (Fsp3) is 0.238. The van der Waals surface area contributed by atoms with Crippen molar-refractivity contribution in [2.24, 2.45) is 0 Å². The summed E-state index contributed by atoms with van der Waals surface area (Å²) in [5, 5.41) is 4.04. The molecule has 30 heavy (non-hydrogen) atoms. The van der Waals surface area contributed by atoms with Gasteiger partial charge in [-0.15, -0.1) is 11.3 Å². The maximum atomic E-state index is 12.7. The van der Waals surface area contributed by atoms with E-state index < -0.39 is 12.0 Å². The number of halogens is 1. The van der Waals surface area contributed by atoms with Gasteiger partial charge in [0.1, 0.15) is 16.7 Å². The summed E-state index contributed by atoms with van der Waals surface area (Å²) in [6.45, 7) is 0. The second-order valence-corrected chi connectivity index (χ2v) is 8.27. The Morgan fingerprint density at radius 3 is 2.77 bits per heavy atom. The molecule has 3 aromatic rings. The second-order valence-electron chi connectivity index (χ2n) is 6.84. The van der Waals surface area contributed by atoms with Crippen LogP contribution in [0.3, 0.4) is 0 Å². The lowest BCUT2D eigenvalue weighted by molar-refractivity contribution is -0.117. The molecule has 0 radical (unpaired) electrons. The number of hydrogen-bond donors (Lipinski definition) is 3. The molecule has 4 rings (SSSR count). The lowest BCUT2D eigenvalue weighted by Crippen LogP contribution is -2.39. The van der Waals surface area contributed by atoms with Gasteiger partial charge in [0, 0.05) is 21.8 Å². The molecule has 156 valence electrons. The van der Waals surface area contributed by atoms with Gasteiger partial charge < -0.3 is 14.8 Å². The van der Waals surface area contributed by atoms with Crippen LogP contribution >= 0.6 is 22.9 Å². The third kappa shape index (κ3) is 3.99. The van der Waals surface area contributed by atoms with E-state index >= 15 is 0 Å². The van der Waals surface area contributed by atoms with Crippen LogP contribution in [0.2, 0.25) is 5.02 Å². The number of rotatable bonds is 5. The van der Waals surface area contributed by atoms with Crippen LogP contribution in [0, 0.1) is 0 Å². The van der Waals surface area contributed by atoms with Crippen LogP contribution in [0.15, 0.2) is 42.5 Å². The van der Waals surface area contributed by atoms with Crippen molar-refractivity contribution in [2.75, 3.05) is 19.5 Å². The largest absolute Gasteiger partial charge is 0.497 e. The summed E-state index contributed by atoms with van der Waals surface area (Å²) >= 11 is 7.52. The first kappa shape index (κ1) is 20.6. The average Bonchev–Trinajstić information content (AvgIpc) is 3.38. The Kier molecular flexibility index (Phi) is 5.92. The number of benzene rings is 2. The van der Waals surface area contributed by atoms with Crippen molar-refractivity contribution in [2.45, 2.75) is 18.5 Å². The molecule has 9 heteroatoms. The van der Waals surface area contributed by atoms with Crippen molar-refractivity contribution in [1.29, 1.82) is 0 Å². The fourth-order valence-corrected chi connectivity index (χ4v) is 4.87. The van der Waals surface area contributed by atoms with Gasteiger partial charge in [-0.05, 0) is 42.3 Å². The van der Waals surface area contributed by atoms with Crippen molar-refractivity contribution in [1.82, 2.24) is 10.9 Å². The van der Waals surface area contributed by atoms with Crippen LogP contribution in [0.1, 0.15) is 27.7 Å². The van der Waals surface area contributed by atoms with E-state index in [1.807, 2.05) is 24.3 Å². The molecule has 1 aliphatic heterocycles. The normalized spacial score (nSPS) is 18.4.